The van der Waals surface area contributed by atoms with Gasteiger partial charge in [0.2, 0.25) is 10.0 Å². The van der Waals surface area contributed by atoms with E-state index in [1.165, 1.54) is 22.5 Å². The van der Waals surface area contributed by atoms with Crippen LogP contribution < -0.4 is 5.32 Å². The van der Waals surface area contributed by atoms with Gasteiger partial charge in [-0.25, -0.2) is 13.2 Å². The molecule has 0 unspecified atom stereocenters. The predicted molar refractivity (Wildman–Crippen MR) is 113 cm³/mol. The van der Waals surface area contributed by atoms with Crippen molar-refractivity contribution >= 4 is 27.6 Å². The molecule has 162 valence electrons. The minimum Gasteiger partial charge on any atom is -0.507 e. The zero-order chi connectivity index (χ0) is 22.5. The molecule has 0 fully saturated rings. The van der Waals surface area contributed by atoms with Crippen LogP contribution in [0.2, 0.25) is 0 Å². The third-order valence-corrected chi connectivity index (χ3v) is 6.69. The number of aryl methyl sites for hydroxylation is 2. The van der Waals surface area contributed by atoms with Crippen molar-refractivity contribution in [3.05, 3.63) is 53.1 Å². The van der Waals surface area contributed by atoms with Gasteiger partial charge in [0.1, 0.15) is 11.3 Å². The fourth-order valence-electron chi connectivity index (χ4n) is 2.88. The Morgan fingerprint density at radius 3 is 2.37 bits per heavy atom. The average molecular weight is 435 g/mol. The van der Waals surface area contributed by atoms with Crippen molar-refractivity contribution in [2.75, 3.05) is 25.0 Å². The number of ether oxygens (including phenoxy) is 1. The fraction of sp³-hybridized carbons (Fsp3) is 0.333. The van der Waals surface area contributed by atoms with Crippen molar-refractivity contribution in [3.8, 4) is 5.75 Å². The second kappa shape index (κ2) is 9.73. The second-order valence-electron chi connectivity index (χ2n) is 6.71. The van der Waals surface area contributed by atoms with E-state index in [1.54, 1.807) is 45.9 Å². The summed E-state index contributed by atoms with van der Waals surface area (Å²) in [6.45, 7) is 7.01. The largest absolute Gasteiger partial charge is 0.507 e. The summed E-state index contributed by atoms with van der Waals surface area (Å²) in [5, 5.41) is 12.3. The molecule has 0 aliphatic rings. The molecule has 0 saturated heterocycles. The van der Waals surface area contributed by atoms with E-state index in [2.05, 4.69) is 5.32 Å². The molecule has 0 aliphatic heterocycles. The van der Waals surface area contributed by atoms with Gasteiger partial charge < -0.3 is 15.2 Å². The Hall–Kier alpha value is -2.91. The lowest BCUT2D eigenvalue weighted by Gasteiger charge is -2.20. The molecule has 8 nitrogen and oxygen atoms in total. The highest BCUT2D eigenvalue weighted by atomic mass is 32.2. The minimum atomic E-state index is -3.69. The molecule has 0 radical (unpaired) electrons. The Labute approximate surface area is 176 Å². The topological polar surface area (TPSA) is 113 Å². The Morgan fingerprint density at radius 1 is 1.07 bits per heavy atom. The van der Waals surface area contributed by atoms with Gasteiger partial charge in [-0.2, -0.15) is 4.31 Å². The standard InChI is InChI=1S/C21H26N2O6S/c1-5-23(6-2)30(27,28)19-12-16(9-8-15(19)4)22-20(25)13-29-21(26)17-11-14(3)7-10-18(17)24/h7-12,24H,5-6,13H2,1-4H3,(H,22,25). The summed E-state index contributed by atoms with van der Waals surface area (Å²) in [6.07, 6.45) is 0. The lowest BCUT2D eigenvalue weighted by Crippen LogP contribution is -2.31. The molecule has 2 aromatic rings. The first-order chi connectivity index (χ1) is 14.1. The van der Waals surface area contributed by atoms with Crippen LogP contribution in [0.3, 0.4) is 0 Å². The lowest BCUT2D eigenvalue weighted by molar-refractivity contribution is -0.119. The maximum Gasteiger partial charge on any atom is 0.342 e. The van der Waals surface area contributed by atoms with Gasteiger partial charge in [-0.15, -0.1) is 0 Å². The first-order valence-electron chi connectivity index (χ1n) is 9.47. The van der Waals surface area contributed by atoms with E-state index in [0.29, 0.717) is 18.7 Å². The number of esters is 1. The summed E-state index contributed by atoms with van der Waals surface area (Å²) in [4.78, 5) is 24.4. The highest BCUT2D eigenvalue weighted by Gasteiger charge is 2.24. The van der Waals surface area contributed by atoms with E-state index in [1.807, 2.05) is 0 Å². The van der Waals surface area contributed by atoms with Gasteiger partial charge in [0.05, 0.1) is 4.90 Å². The van der Waals surface area contributed by atoms with Crippen molar-refractivity contribution < 1.29 is 27.9 Å². The molecule has 0 heterocycles. The van der Waals surface area contributed by atoms with E-state index in [4.69, 9.17) is 4.74 Å². The van der Waals surface area contributed by atoms with Crippen LogP contribution in [-0.4, -0.2) is 49.4 Å². The van der Waals surface area contributed by atoms with E-state index in [0.717, 1.165) is 5.56 Å². The smallest absolute Gasteiger partial charge is 0.342 e. The van der Waals surface area contributed by atoms with Gasteiger partial charge in [0.25, 0.3) is 5.91 Å². The van der Waals surface area contributed by atoms with E-state index < -0.39 is 28.5 Å². The monoisotopic (exact) mass is 434 g/mol. The molecule has 0 saturated carbocycles. The van der Waals surface area contributed by atoms with Crippen LogP contribution in [0.25, 0.3) is 0 Å². The van der Waals surface area contributed by atoms with Gasteiger partial charge in [-0.05, 0) is 43.7 Å². The summed E-state index contributed by atoms with van der Waals surface area (Å²) in [5.41, 5.74) is 1.54. The number of phenols is 1. The average Bonchev–Trinajstić information content (AvgIpc) is 2.70. The number of aromatic hydroxyl groups is 1. The Morgan fingerprint density at radius 2 is 1.73 bits per heavy atom. The first-order valence-corrected chi connectivity index (χ1v) is 10.9. The number of sulfonamides is 1. The number of anilines is 1. The number of rotatable bonds is 8. The Balaban J connectivity index is 2.10. The number of nitrogens with one attached hydrogen (secondary N) is 1. The Bertz CT molecular complexity index is 1050. The molecule has 2 aromatic carbocycles. The molecule has 0 aliphatic carbocycles. The van der Waals surface area contributed by atoms with Gasteiger partial charge in [0.15, 0.2) is 6.61 Å². The summed E-state index contributed by atoms with van der Waals surface area (Å²) in [7, 11) is -3.69. The highest BCUT2D eigenvalue weighted by Crippen LogP contribution is 2.24. The predicted octanol–water partition coefficient (Wildman–Crippen LogP) is 2.84. The summed E-state index contributed by atoms with van der Waals surface area (Å²) in [6, 6.07) is 9.02. The maximum atomic E-state index is 12.8. The van der Waals surface area contributed by atoms with Crippen LogP contribution in [0, 0.1) is 13.8 Å². The van der Waals surface area contributed by atoms with Crippen LogP contribution in [0.4, 0.5) is 5.69 Å². The summed E-state index contributed by atoms with van der Waals surface area (Å²) in [5.74, 6) is -1.71. The van der Waals surface area contributed by atoms with Crippen molar-refractivity contribution in [1.29, 1.82) is 0 Å². The first kappa shape index (κ1) is 23.4. The molecular formula is C21H26N2O6S. The van der Waals surface area contributed by atoms with Gasteiger partial charge in [0, 0.05) is 18.8 Å². The summed E-state index contributed by atoms with van der Waals surface area (Å²) >= 11 is 0. The van der Waals surface area contributed by atoms with Crippen molar-refractivity contribution in [3.63, 3.8) is 0 Å². The van der Waals surface area contributed by atoms with Crippen LogP contribution in [-0.2, 0) is 19.6 Å². The number of carbonyl (C=O) groups is 2. The van der Waals surface area contributed by atoms with Gasteiger partial charge >= 0.3 is 5.97 Å². The molecule has 2 N–H and O–H groups in total. The number of hydrogen-bond acceptors (Lipinski definition) is 6. The zero-order valence-electron chi connectivity index (χ0n) is 17.4. The number of phenolic OH excluding ortho intramolecular Hbond substituents is 1. The lowest BCUT2D eigenvalue weighted by atomic mass is 10.1. The molecule has 0 aromatic heterocycles. The maximum absolute atomic E-state index is 12.8. The molecule has 9 heteroatoms. The molecule has 1 amide bonds. The quantitative estimate of drug-likeness (QED) is 0.618. The molecule has 30 heavy (non-hydrogen) atoms. The highest BCUT2D eigenvalue weighted by molar-refractivity contribution is 7.89. The van der Waals surface area contributed by atoms with Gasteiger partial charge in [-0.3, -0.25) is 4.79 Å². The Kier molecular flexibility index (Phi) is 7.58. The van der Waals surface area contributed by atoms with Crippen molar-refractivity contribution in [2.24, 2.45) is 0 Å². The van der Waals surface area contributed by atoms with E-state index in [9.17, 15) is 23.1 Å². The second-order valence-corrected chi connectivity index (χ2v) is 8.62. The zero-order valence-corrected chi connectivity index (χ0v) is 18.2. The number of amides is 1. The third kappa shape index (κ3) is 5.37. The van der Waals surface area contributed by atoms with Gasteiger partial charge in [-0.1, -0.05) is 31.5 Å². The molecule has 0 bridgehead atoms. The van der Waals surface area contributed by atoms with Crippen molar-refractivity contribution in [1.82, 2.24) is 4.31 Å². The van der Waals surface area contributed by atoms with Crippen LogP contribution in [0.1, 0.15) is 35.3 Å². The summed E-state index contributed by atoms with van der Waals surface area (Å²) < 4.78 is 31.9. The van der Waals surface area contributed by atoms with Crippen LogP contribution >= 0.6 is 0 Å². The van der Waals surface area contributed by atoms with Crippen molar-refractivity contribution in [2.45, 2.75) is 32.6 Å². The molecule has 0 atom stereocenters. The normalized spacial score (nSPS) is 11.4. The number of hydrogen-bond donors (Lipinski definition) is 2. The van der Waals surface area contributed by atoms with E-state index >= 15 is 0 Å². The van der Waals surface area contributed by atoms with E-state index in [-0.39, 0.29) is 21.9 Å². The fourth-order valence-corrected chi connectivity index (χ4v) is 4.59. The van der Waals surface area contributed by atoms with Crippen LogP contribution in [0.15, 0.2) is 41.3 Å². The number of nitrogens with zero attached hydrogens (tertiary/aromatic N) is 1. The SMILES string of the molecule is CCN(CC)S(=O)(=O)c1cc(NC(=O)COC(=O)c2cc(C)ccc2O)ccc1C. The van der Waals surface area contributed by atoms with Crippen LogP contribution in [0.5, 0.6) is 5.75 Å². The number of benzene rings is 2. The molecule has 2 rings (SSSR count). The molecular weight excluding hydrogens is 408 g/mol. The number of carbonyl (C=O) groups excluding carboxylic acids is 2. The minimum absolute atomic E-state index is 0.0364. The third-order valence-electron chi connectivity index (χ3n) is 4.50. The molecule has 0 spiro atoms.